The van der Waals surface area contributed by atoms with Gasteiger partial charge in [0.05, 0.1) is 27.7 Å². The molecule has 0 rings (SSSR count). The summed E-state index contributed by atoms with van der Waals surface area (Å²) in [6, 6.07) is 0. The van der Waals surface area contributed by atoms with Gasteiger partial charge in [0.25, 0.3) is 0 Å². The number of likely N-dealkylation sites (N-methyl/N-ethyl adjacent to an activating group) is 1. The highest BCUT2D eigenvalue weighted by Gasteiger charge is 2.27. The van der Waals surface area contributed by atoms with Crippen LogP contribution in [0.15, 0.2) is 60.8 Å². The fourth-order valence-corrected chi connectivity index (χ4v) is 5.26. The van der Waals surface area contributed by atoms with Crippen molar-refractivity contribution >= 4 is 19.8 Å². The number of unbranched alkanes of at least 4 members (excludes halogenated alkanes) is 9. The molecule has 0 spiro atoms. The van der Waals surface area contributed by atoms with Crippen LogP contribution in [0.3, 0.4) is 0 Å². The van der Waals surface area contributed by atoms with Crippen LogP contribution in [0.25, 0.3) is 0 Å². The molecule has 10 heteroatoms. The average molecular weight is 725 g/mol. The van der Waals surface area contributed by atoms with E-state index in [-0.39, 0.29) is 26.1 Å². The van der Waals surface area contributed by atoms with Crippen molar-refractivity contribution in [3.05, 3.63) is 60.8 Å². The number of carbonyl (C=O) groups is 2. The summed E-state index contributed by atoms with van der Waals surface area (Å²) in [5.74, 6) is -0.909. The Hall–Kier alpha value is -2.29. The normalized spacial score (nSPS) is 14.4. The van der Waals surface area contributed by atoms with Crippen molar-refractivity contribution in [2.75, 3.05) is 47.5 Å². The molecule has 1 unspecified atom stereocenters. The summed E-state index contributed by atoms with van der Waals surface area (Å²) in [5, 5.41) is 0. The van der Waals surface area contributed by atoms with E-state index in [9.17, 15) is 19.0 Å². The summed E-state index contributed by atoms with van der Waals surface area (Å²) >= 11 is 0. The Balaban J connectivity index is 4.47. The van der Waals surface area contributed by atoms with E-state index in [1.807, 2.05) is 33.3 Å². The van der Waals surface area contributed by atoms with Gasteiger partial charge in [-0.2, -0.15) is 0 Å². The zero-order chi connectivity index (χ0) is 37.2. The summed E-state index contributed by atoms with van der Waals surface area (Å²) in [7, 11) is 1.43. The number of hydrogen-bond acceptors (Lipinski definition) is 7. The quantitative estimate of drug-likeness (QED) is 0.0234. The Morgan fingerprint density at radius 3 is 1.68 bits per heavy atom. The molecule has 0 aromatic carbocycles. The first-order valence-electron chi connectivity index (χ1n) is 19.0. The smallest absolute Gasteiger partial charge is 0.462 e. The lowest BCUT2D eigenvalue weighted by Crippen LogP contribution is -2.37. The summed E-state index contributed by atoms with van der Waals surface area (Å²) < 4.78 is 33.9. The minimum atomic E-state index is -4.38. The lowest BCUT2D eigenvalue weighted by Gasteiger charge is -2.24. The molecule has 0 bridgehead atoms. The lowest BCUT2D eigenvalue weighted by atomic mass is 10.1. The molecule has 50 heavy (non-hydrogen) atoms. The first-order valence-corrected chi connectivity index (χ1v) is 20.5. The molecule has 0 aliphatic heterocycles. The van der Waals surface area contributed by atoms with Gasteiger partial charge >= 0.3 is 19.8 Å². The second-order valence-corrected chi connectivity index (χ2v) is 15.1. The number of allylic oxidation sites excluding steroid dienone is 10. The van der Waals surface area contributed by atoms with Crippen molar-refractivity contribution in [1.82, 2.24) is 0 Å². The van der Waals surface area contributed by atoms with Crippen LogP contribution in [0.5, 0.6) is 0 Å². The van der Waals surface area contributed by atoms with Crippen LogP contribution in [-0.4, -0.2) is 74.9 Å². The number of nitrogens with zero attached hydrogens (tertiary/aromatic N) is 1. The number of quaternary nitrogens is 1. The molecule has 0 amide bonds. The third-order valence-corrected chi connectivity index (χ3v) is 8.55. The van der Waals surface area contributed by atoms with Crippen LogP contribution in [0.2, 0.25) is 0 Å². The van der Waals surface area contributed by atoms with Crippen LogP contribution in [-0.2, 0) is 32.7 Å². The Morgan fingerprint density at radius 1 is 0.620 bits per heavy atom. The molecule has 0 aliphatic rings. The van der Waals surface area contributed by atoms with E-state index < -0.39 is 32.5 Å². The van der Waals surface area contributed by atoms with Gasteiger partial charge in [-0.3, -0.25) is 18.6 Å². The average Bonchev–Trinajstić information content (AvgIpc) is 3.06. The first kappa shape index (κ1) is 47.7. The van der Waals surface area contributed by atoms with Crippen molar-refractivity contribution in [2.24, 2.45) is 0 Å². The number of esters is 2. The van der Waals surface area contributed by atoms with Crippen molar-refractivity contribution in [3.63, 3.8) is 0 Å². The first-order chi connectivity index (χ1) is 24.0. The second kappa shape index (κ2) is 32.6. The molecule has 0 fully saturated rings. The minimum absolute atomic E-state index is 0.0188. The summed E-state index contributed by atoms with van der Waals surface area (Å²) in [4.78, 5) is 35.0. The maximum Gasteiger partial charge on any atom is 0.472 e. The third kappa shape index (κ3) is 35.5. The number of rotatable bonds is 33. The molecule has 9 nitrogen and oxygen atoms in total. The van der Waals surface area contributed by atoms with Gasteiger partial charge in [0.15, 0.2) is 6.10 Å². The van der Waals surface area contributed by atoms with Gasteiger partial charge in [-0.15, -0.1) is 0 Å². The summed E-state index contributed by atoms with van der Waals surface area (Å²) in [6.07, 6.45) is 37.3. The van der Waals surface area contributed by atoms with Gasteiger partial charge in [-0.1, -0.05) is 126 Å². The van der Waals surface area contributed by atoms with Gasteiger partial charge in [0, 0.05) is 12.8 Å². The van der Waals surface area contributed by atoms with E-state index in [1.54, 1.807) is 0 Å². The number of phosphoric acid groups is 1. The topological polar surface area (TPSA) is 108 Å². The zero-order valence-corrected chi connectivity index (χ0v) is 33.0. The molecular weight excluding hydrogens is 653 g/mol. The predicted molar refractivity (Wildman–Crippen MR) is 206 cm³/mol. The minimum Gasteiger partial charge on any atom is -0.462 e. The standard InChI is InChI=1S/C40H70NO8P/c1-6-8-10-12-14-15-16-17-18-19-20-21-22-23-24-25-27-28-30-32-39(42)46-36-38(37-48-50(44,45)47-35-34-41(3,4)5)49-40(43)33-31-29-26-13-11-9-7-2/h14-15,17-18,20-21,23-24,27-28,38H,6-13,16,19,22,25-26,29-37H2,1-5H3/p+1/b15-14+,18-17+,21-20+,24-23+,28-27+/t38-/m0/s1. The molecule has 1 N–H and O–H groups in total. The lowest BCUT2D eigenvalue weighted by molar-refractivity contribution is -0.870. The Kier molecular flexibility index (Phi) is 31.1. The van der Waals surface area contributed by atoms with Gasteiger partial charge in [0.2, 0.25) is 0 Å². The van der Waals surface area contributed by atoms with Gasteiger partial charge in [-0.05, 0) is 51.4 Å². The Bertz CT molecular complexity index is 1040. The molecule has 0 saturated carbocycles. The Labute approximate surface area is 305 Å². The molecule has 288 valence electrons. The molecule has 0 heterocycles. The highest BCUT2D eigenvalue weighted by molar-refractivity contribution is 7.47. The van der Waals surface area contributed by atoms with E-state index >= 15 is 0 Å². The van der Waals surface area contributed by atoms with E-state index in [2.05, 4.69) is 62.5 Å². The number of phosphoric ester groups is 1. The summed E-state index contributed by atoms with van der Waals surface area (Å²) in [5.41, 5.74) is 0. The Morgan fingerprint density at radius 2 is 1.12 bits per heavy atom. The molecule has 0 aliphatic carbocycles. The third-order valence-electron chi connectivity index (χ3n) is 7.56. The largest absolute Gasteiger partial charge is 0.472 e. The molecule has 0 radical (unpaired) electrons. The fraction of sp³-hybridized carbons (Fsp3) is 0.700. The van der Waals surface area contributed by atoms with Crippen LogP contribution in [0.4, 0.5) is 0 Å². The van der Waals surface area contributed by atoms with E-state index in [4.69, 9.17) is 18.5 Å². The van der Waals surface area contributed by atoms with E-state index in [1.165, 1.54) is 44.9 Å². The molecule has 0 saturated heterocycles. The highest BCUT2D eigenvalue weighted by atomic mass is 31.2. The van der Waals surface area contributed by atoms with Gasteiger partial charge < -0.3 is 18.9 Å². The number of ether oxygens (including phenoxy) is 2. The molecule has 0 aromatic heterocycles. The monoisotopic (exact) mass is 724 g/mol. The van der Waals surface area contributed by atoms with Crippen LogP contribution in [0.1, 0.15) is 129 Å². The van der Waals surface area contributed by atoms with E-state index in [0.717, 1.165) is 44.9 Å². The zero-order valence-electron chi connectivity index (χ0n) is 32.1. The van der Waals surface area contributed by atoms with Crippen molar-refractivity contribution < 1.29 is 42.1 Å². The SMILES string of the molecule is CCCCC/C=C/C/C=C/C/C=C/C/C=C/C/C=C/CCC(=O)OC[C@@H](COP(=O)(O)OCC[N+](C)(C)C)OC(=O)CCCCCCCCC. The summed E-state index contributed by atoms with van der Waals surface area (Å²) in [6.45, 7) is 4.22. The molecule has 2 atom stereocenters. The van der Waals surface area contributed by atoms with E-state index in [0.29, 0.717) is 23.9 Å². The van der Waals surface area contributed by atoms with Crippen LogP contribution in [0, 0.1) is 0 Å². The predicted octanol–water partition coefficient (Wildman–Crippen LogP) is 10.1. The van der Waals surface area contributed by atoms with Gasteiger partial charge in [0.1, 0.15) is 19.8 Å². The highest BCUT2D eigenvalue weighted by Crippen LogP contribution is 2.43. The van der Waals surface area contributed by atoms with Crippen molar-refractivity contribution in [2.45, 2.75) is 136 Å². The van der Waals surface area contributed by atoms with Gasteiger partial charge in [-0.25, -0.2) is 4.57 Å². The second-order valence-electron chi connectivity index (χ2n) is 13.6. The van der Waals surface area contributed by atoms with Crippen molar-refractivity contribution in [3.8, 4) is 0 Å². The van der Waals surface area contributed by atoms with Crippen LogP contribution >= 0.6 is 7.82 Å². The maximum atomic E-state index is 12.5. The van der Waals surface area contributed by atoms with Crippen LogP contribution < -0.4 is 0 Å². The van der Waals surface area contributed by atoms with Crippen molar-refractivity contribution in [1.29, 1.82) is 0 Å². The number of hydrogen-bond donors (Lipinski definition) is 1. The fourth-order valence-electron chi connectivity index (χ4n) is 4.52. The molecule has 0 aromatic rings. The maximum absolute atomic E-state index is 12.5. The molecular formula is C40H71NO8P+. The number of carbonyl (C=O) groups excluding carboxylic acids is 2.